The van der Waals surface area contributed by atoms with E-state index in [4.69, 9.17) is 0 Å². The van der Waals surface area contributed by atoms with Crippen LogP contribution in [0.2, 0.25) is 0 Å². The highest BCUT2D eigenvalue weighted by atomic mass is 14.5. The van der Waals surface area contributed by atoms with Crippen LogP contribution in [0, 0.1) is 23.7 Å². The van der Waals surface area contributed by atoms with Crippen molar-refractivity contribution in [2.75, 3.05) is 0 Å². The number of fused-ring (bicyclic) bond motifs is 1. The van der Waals surface area contributed by atoms with Gasteiger partial charge in [-0.25, -0.2) is 0 Å². The number of rotatable bonds is 3. The molecule has 0 bridgehead atoms. The molecule has 0 saturated heterocycles. The van der Waals surface area contributed by atoms with Crippen LogP contribution < -0.4 is 0 Å². The van der Waals surface area contributed by atoms with Gasteiger partial charge in [-0.05, 0) is 42.9 Å². The van der Waals surface area contributed by atoms with E-state index >= 15 is 0 Å². The highest BCUT2D eigenvalue weighted by molar-refractivity contribution is 4.96. The number of hydrogen-bond donors (Lipinski definition) is 0. The van der Waals surface area contributed by atoms with Crippen molar-refractivity contribution in [3.05, 3.63) is 0 Å². The molecule has 0 nitrogen and oxygen atoms in total. The molecule has 2 aliphatic carbocycles. The molecule has 0 radical (unpaired) electrons. The first-order valence-electron chi connectivity index (χ1n) is 5.31. The van der Waals surface area contributed by atoms with Crippen LogP contribution in [-0.4, -0.2) is 0 Å². The quantitative estimate of drug-likeness (QED) is 0.581. The normalized spacial score (nSPS) is 43.6. The summed E-state index contributed by atoms with van der Waals surface area (Å²) >= 11 is 0. The smallest absolute Gasteiger partial charge is 0.0380 e. The summed E-state index contributed by atoms with van der Waals surface area (Å²) in [5.41, 5.74) is 0. The fourth-order valence-electron chi connectivity index (χ4n) is 2.92. The van der Waals surface area contributed by atoms with Crippen LogP contribution in [0.15, 0.2) is 0 Å². The van der Waals surface area contributed by atoms with Crippen LogP contribution in [0.1, 0.15) is 46.0 Å². The van der Waals surface area contributed by atoms with Gasteiger partial charge in [0.15, 0.2) is 0 Å². The minimum atomic E-state index is 1.02. The second-order valence-electron chi connectivity index (χ2n) is 4.75. The molecule has 0 aromatic rings. The lowest BCUT2D eigenvalue weighted by atomic mass is 9.87. The van der Waals surface area contributed by atoms with E-state index < -0.39 is 0 Å². The topological polar surface area (TPSA) is 0 Å². The molecule has 0 N–H and O–H groups in total. The molecule has 11 heavy (non-hydrogen) atoms. The Morgan fingerprint density at radius 1 is 1.18 bits per heavy atom. The van der Waals surface area contributed by atoms with Gasteiger partial charge in [-0.3, -0.25) is 0 Å². The fourth-order valence-corrected chi connectivity index (χ4v) is 2.92. The van der Waals surface area contributed by atoms with Crippen LogP contribution in [0.4, 0.5) is 0 Å². The van der Waals surface area contributed by atoms with Crippen molar-refractivity contribution < 1.29 is 0 Å². The SMILES string of the molecule is CCCC(C)C1CC2CC2C1. The molecule has 0 aromatic heterocycles. The van der Waals surface area contributed by atoms with Gasteiger partial charge < -0.3 is 0 Å². The fraction of sp³-hybridized carbons (Fsp3) is 1.00. The van der Waals surface area contributed by atoms with E-state index in [1.165, 1.54) is 24.7 Å². The summed E-state index contributed by atoms with van der Waals surface area (Å²) < 4.78 is 0. The van der Waals surface area contributed by atoms with E-state index in [0.29, 0.717) is 0 Å². The summed E-state index contributed by atoms with van der Waals surface area (Å²) in [6.07, 6.45) is 7.57. The summed E-state index contributed by atoms with van der Waals surface area (Å²) in [7, 11) is 0. The van der Waals surface area contributed by atoms with Crippen molar-refractivity contribution in [3.8, 4) is 0 Å². The molecule has 0 aromatic carbocycles. The van der Waals surface area contributed by atoms with E-state index in [1.54, 1.807) is 19.3 Å². The number of hydrogen-bond acceptors (Lipinski definition) is 0. The molecular formula is C11H20. The lowest BCUT2D eigenvalue weighted by Crippen LogP contribution is -2.09. The molecule has 0 amide bonds. The summed E-state index contributed by atoms with van der Waals surface area (Å²) in [6.45, 7) is 4.77. The Morgan fingerprint density at radius 3 is 2.36 bits per heavy atom. The molecule has 3 unspecified atom stereocenters. The zero-order chi connectivity index (χ0) is 7.84. The maximum atomic E-state index is 2.46. The van der Waals surface area contributed by atoms with Crippen LogP contribution in [0.25, 0.3) is 0 Å². The molecule has 2 rings (SSSR count). The van der Waals surface area contributed by atoms with Crippen LogP contribution in [-0.2, 0) is 0 Å². The molecule has 0 heterocycles. The van der Waals surface area contributed by atoms with Crippen molar-refractivity contribution in [3.63, 3.8) is 0 Å². The first kappa shape index (κ1) is 7.64. The third-order valence-electron chi connectivity index (χ3n) is 3.83. The molecule has 2 fully saturated rings. The van der Waals surface area contributed by atoms with Gasteiger partial charge in [0.05, 0.1) is 0 Å². The predicted octanol–water partition coefficient (Wildman–Crippen LogP) is 3.47. The van der Waals surface area contributed by atoms with Gasteiger partial charge in [-0.1, -0.05) is 26.7 Å². The monoisotopic (exact) mass is 152 g/mol. The summed E-state index contributed by atoms with van der Waals surface area (Å²) in [5, 5.41) is 0. The van der Waals surface area contributed by atoms with E-state index in [1.807, 2.05) is 0 Å². The lowest BCUT2D eigenvalue weighted by molar-refractivity contribution is 0.317. The Morgan fingerprint density at radius 2 is 1.82 bits per heavy atom. The van der Waals surface area contributed by atoms with Crippen LogP contribution in [0.5, 0.6) is 0 Å². The molecule has 64 valence electrons. The maximum Gasteiger partial charge on any atom is -0.0380 e. The molecule has 0 aliphatic heterocycles. The van der Waals surface area contributed by atoms with E-state index in [0.717, 1.165) is 11.8 Å². The highest BCUT2D eigenvalue weighted by Gasteiger charge is 2.46. The molecule has 2 aliphatic rings. The predicted molar refractivity (Wildman–Crippen MR) is 48.4 cm³/mol. The Labute approximate surface area is 70.4 Å². The van der Waals surface area contributed by atoms with Gasteiger partial charge in [0.2, 0.25) is 0 Å². The largest absolute Gasteiger partial charge is 0.0654 e. The molecule has 0 spiro atoms. The van der Waals surface area contributed by atoms with Gasteiger partial charge in [-0.15, -0.1) is 0 Å². The van der Waals surface area contributed by atoms with Crippen LogP contribution in [0.3, 0.4) is 0 Å². The summed E-state index contributed by atoms with van der Waals surface area (Å²) in [4.78, 5) is 0. The Hall–Kier alpha value is 0. The molecule has 0 heteroatoms. The Kier molecular flexibility index (Phi) is 1.95. The maximum absolute atomic E-state index is 2.46. The lowest BCUT2D eigenvalue weighted by Gasteiger charge is -2.19. The standard InChI is InChI=1S/C11H20/c1-3-4-8(2)9-5-10-7-11(10)6-9/h8-11H,3-7H2,1-2H3. The van der Waals surface area contributed by atoms with Gasteiger partial charge in [0, 0.05) is 0 Å². The zero-order valence-corrected chi connectivity index (χ0v) is 7.84. The first-order chi connectivity index (χ1) is 5.31. The van der Waals surface area contributed by atoms with Crippen molar-refractivity contribution in [2.24, 2.45) is 23.7 Å². The molecule has 2 saturated carbocycles. The second kappa shape index (κ2) is 2.80. The summed E-state index contributed by atoms with van der Waals surface area (Å²) in [6, 6.07) is 0. The van der Waals surface area contributed by atoms with Crippen molar-refractivity contribution >= 4 is 0 Å². The average molecular weight is 152 g/mol. The second-order valence-corrected chi connectivity index (χ2v) is 4.75. The van der Waals surface area contributed by atoms with Gasteiger partial charge in [0.25, 0.3) is 0 Å². The zero-order valence-electron chi connectivity index (χ0n) is 7.84. The summed E-state index contributed by atoms with van der Waals surface area (Å²) in [5.74, 6) is 4.49. The van der Waals surface area contributed by atoms with E-state index in [2.05, 4.69) is 13.8 Å². The Bertz CT molecular complexity index is 129. The van der Waals surface area contributed by atoms with Crippen molar-refractivity contribution in [2.45, 2.75) is 46.0 Å². The Balaban J connectivity index is 1.77. The minimum Gasteiger partial charge on any atom is -0.0654 e. The molecular weight excluding hydrogens is 132 g/mol. The first-order valence-corrected chi connectivity index (χ1v) is 5.31. The minimum absolute atomic E-state index is 1.02. The van der Waals surface area contributed by atoms with Gasteiger partial charge in [0.1, 0.15) is 0 Å². The molecule has 3 atom stereocenters. The third kappa shape index (κ3) is 1.45. The van der Waals surface area contributed by atoms with Gasteiger partial charge in [-0.2, -0.15) is 0 Å². The van der Waals surface area contributed by atoms with E-state index in [-0.39, 0.29) is 0 Å². The van der Waals surface area contributed by atoms with Crippen molar-refractivity contribution in [1.29, 1.82) is 0 Å². The highest BCUT2D eigenvalue weighted by Crippen LogP contribution is 2.56. The van der Waals surface area contributed by atoms with Gasteiger partial charge >= 0.3 is 0 Å². The third-order valence-corrected chi connectivity index (χ3v) is 3.83. The van der Waals surface area contributed by atoms with Crippen LogP contribution >= 0.6 is 0 Å². The van der Waals surface area contributed by atoms with Crippen molar-refractivity contribution in [1.82, 2.24) is 0 Å². The average Bonchev–Trinajstić information content (AvgIpc) is 2.59. The van der Waals surface area contributed by atoms with E-state index in [9.17, 15) is 0 Å².